The lowest BCUT2D eigenvalue weighted by molar-refractivity contribution is -0.326. The number of benzene rings is 8. The van der Waals surface area contributed by atoms with Crippen molar-refractivity contribution >= 4 is 15.6 Å². The van der Waals surface area contributed by atoms with Crippen LogP contribution in [0.15, 0.2) is 243 Å². The third-order valence-corrected chi connectivity index (χ3v) is 16.7. The molecule has 0 unspecified atom stereocenters. The van der Waals surface area contributed by atoms with Crippen LogP contribution in [0.4, 0.5) is 0 Å². The third kappa shape index (κ3) is 18.6. The lowest BCUT2D eigenvalue weighted by atomic mass is 9.98. The molecule has 0 radical (unpaired) electrons. The first-order valence-electron chi connectivity index (χ1n) is 28.1. The summed E-state index contributed by atoms with van der Waals surface area (Å²) in [4.78, 5) is 0. The molecule has 2 heterocycles. The molecule has 2 fully saturated rings. The van der Waals surface area contributed by atoms with Gasteiger partial charge in [-0.1, -0.05) is 243 Å². The SMILES string of the molecule is O=P(OCc1ccccc1)(OCc1ccccc1)O[C@@H]1[C@@H](OCc2ccccc2)[C@@H](O[C@H]2[C@@H](OCc3ccccc3)CO[C@@H]2COCc2ccccc2)O[C@H](COCc2ccccc2)[C@H]1OP(=O)(OCc1ccccc1)OCc1ccccc1. The van der Waals surface area contributed by atoms with Crippen LogP contribution >= 0.6 is 15.6 Å². The highest BCUT2D eigenvalue weighted by Crippen LogP contribution is 2.58. The van der Waals surface area contributed by atoms with E-state index < -0.39 is 64.7 Å². The third-order valence-electron chi connectivity index (χ3n) is 13.9. The first-order valence-corrected chi connectivity index (χ1v) is 31.0. The van der Waals surface area contributed by atoms with Crippen LogP contribution in [0.3, 0.4) is 0 Å². The zero-order chi connectivity index (χ0) is 57.5. The molecule has 10 rings (SSSR count). The summed E-state index contributed by atoms with van der Waals surface area (Å²) < 4.78 is 119. The summed E-state index contributed by atoms with van der Waals surface area (Å²) in [5.41, 5.74) is 6.31. The van der Waals surface area contributed by atoms with Crippen molar-refractivity contribution in [2.75, 3.05) is 19.8 Å². The maximum Gasteiger partial charge on any atom is 0.475 e. The van der Waals surface area contributed by atoms with Gasteiger partial charge in [0, 0.05) is 0 Å². The second-order valence-corrected chi connectivity index (χ2v) is 23.4. The van der Waals surface area contributed by atoms with Crippen molar-refractivity contribution < 1.29 is 69.4 Å². The van der Waals surface area contributed by atoms with Crippen LogP contribution in [0.25, 0.3) is 0 Å². The highest BCUT2D eigenvalue weighted by molar-refractivity contribution is 7.48. The molecule has 0 aromatic heterocycles. The van der Waals surface area contributed by atoms with Gasteiger partial charge >= 0.3 is 15.6 Å². The summed E-state index contributed by atoms with van der Waals surface area (Å²) in [5.74, 6) is 0. The fourth-order valence-corrected chi connectivity index (χ4v) is 12.2. The van der Waals surface area contributed by atoms with Gasteiger partial charge in [-0.15, -0.1) is 0 Å². The Balaban J connectivity index is 1.07. The van der Waals surface area contributed by atoms with Gasteiger partial charge in [-0.05, 0) is 44.5 Å². The second kappa shape index (κ2) is 31.7. The lowest BCUT2D eigenvalue weighted by Gasteiger charge is -2.47. The average Bonchev–Trinajstić information content (AvgIpc) is 4.06. The van der Waals surface area contributed by atoms with Gasteiger partial charge in [-0.2, -0.15) is 0 Å². The Bertz CT molecular complexity index is 3120. The number of phosphoric acid groups is 2. The molecule has 8 aromatic carbocycles. The van der Waals surface area contributed by atoms with E-state index in [1.54, 1.807) is 0 Å². The topological polar surface area (TPSA) is 154 Å². The molecule has 17 heteroatoms. The molecule has 0 bridgehead atoms. The Morgan fingerprint density at radius 3 is 1.01 bits per heavy atom. The van der Waals surface area contributed by atoms with Crippen LogP contribution < -0.4 is 0 Å². The summed E-state index contributed by atoms with van der Waals surface area (Å²) in [6, 6.07) is 75.7. The van der Waals surface area contributed by atoms with Gasteiger partial charge in [0.15, 0.2) is 6.29 Å². The Hall–Kier alpha value is -6.30. The quantitative estimate of drug-likeness (QED) is 0.0367. The molecule has 2 saturated heterocycles. The van der Waals surface area contributed by atoms with Gasteiger partial charge < -0.3 is 33.2 Å². The summed E-state index contributed by atoms with van der Waals surface area (Å²) in [6.45, 7) is -0.0663. The molecule has 2 aliphatic heterocycles. The maximum absolute atomic E-state index is 16.0. The molecular weight excluding hydrogens is 1110 g/mol. The number of hydrogen-bond acceptors (Lipinski definition) is 15. The molecule has 0 amide bonds. The first-order chi connectivity index (χ1) is 41.3. The van der Waals surface area contributed by atoms with Gasteiger partial charge in [0.25, 0.3) is 0 Å². The summed E-state index contributed by atoms with van der Waals surface area (Å²) in [7, 11) is -9.57. The van der Waals surface area contributed by atoms with Crippen molar-refractivity contribution in [3.8, 4) is 0 Å². The first kappa shape index (κ1) is 60.8. The maximum atomic E-state index is 16.0. The van der Waals surface area contributed by atoms with E-state index in [0.29, 0.717) is 28.9 Å². The highest BCUT2D eigenvalue weighted by atomic mass is 31.2. The van der Waals surface area contributed by atoms with Crippen molar-refractivity contribution in [3.05, 3.63) is 287 Å². The van der Waals surface area contributed by atoms with Crippen molar-refractivity contribution in [1.82, 2.24) is 0 Å². The van der Waals surface area contributed by atoms with Gasteiger partial charge in [0.1, 0.15) is 42.7 Å². The summed E-state index contributed by atoms with van der Waals surface area (Å²) in [5, 5.41) is 0. The van der Waals surface area contributed by atoms with Crippen LogP contribution in [0, 0.1) is 0 Å². The minimum Gasteiger partial charge on any atom is -0.374 e. The minimum atomic E-state index is -4.81. The molecule has 8 atom stereocenters. The fourth-order valence-electron chi connectivity index (χ4n) is 9.49. The Morgan fingerprint density at radius 1 is 0.333 bits per heavy atom. The van der Waals surface area contributed by atoms with Crippen LogP contribution in [0.2, 0.25) is 0 Å². The largest absolute Gasteiger partial charge is 0.475 e. The van der Waals surface area contributed by atoms with Crippen molar-refractivity contribution in [3.63, 3.8) is 0 Å². The highest BCUT2D eigenvalue weighted by Gasteiger charge is 2.56. The molecular formula is C67H70O15P2. The normalized spacial score (nSPS) is 20.9. The number of phosphoric ester groups is 2. The van der Waals surface area contributed by atoms with E-state index in [-0.39, 0.29) is 66.1 Å². The molecule has 0 spiro atoms. The molecule has 84 heavy (non-hydrogen) atoms. The smallest absolute Gasteiger partial charge is 0.374 e. The van der Waals surface area contributed by atoms with Crippen molar-refractivity contribution in [2.45, 2.75) is 102 Å². The zero-order valence-corrected chi connectivity index (χ0v) is 48.3. The van der Waals surface area contributed by atoms with Crippen LogP contribution in [-0.4, -0.2) is 68.8 Å². The van der Waals surface area contributed by atoms with E-state index in [1.807, 2.05) is 243 Å². The van der Waals surface area contributed by atoms with E-state index in [2.05, 4.69) is 0 Å². The van der Waals surface area contributed by atoms with Gasteiger partial charge in [0.05, 0.1) is 72.7 Å². The second-order valence-electron chi connectivity index (χ2n) is 20.2. The van der Waals surface area contributed by atoms with E-state index in [9.17, 15) is 0 Å². The molecule has 438 valence electrons. The number of hydrogen-bond donors (Lipinski definition) is 0. The molecule has 8 aromatic rings. The summed E-state index contributed by atoms with van der Waals surface area (Å²) >= 11 is 0. The van der Waals surface area contributed by atoms with Crippen molar-refractivity contribution in [2.24, 2.45) is 0 Å². The molecule has 0 aliphatic carbocycles. The van der Waals surface area contributed by atoms with E-state index in [4.69, 9.17) is 60.3 Å². The van der Waals surface area contributed by atoms with E-state index >= 15 is 9.13 Å². The standard InChI is InChI=1S/C67H70O15P2/c68-83(75-45-56-33-17-5-18-34-56,76-46-57-35-19-6-20-36-57)81-64-62(50-71-42-53-27-11-2-12-28-53)79-67(80-63-60(49-70-41-52-25-9-1-10-26-52)73-51-61(63)72-43-54-29-13-3-14-30-54)66(74-44-55-31-15-4-16-32-55)65(64)82-84(69,77-47-58-37-21-7-22-38-58)78-48-59-39-23-8-24-40-59/h1-40,60-67H,41-51H2/t60-,61+,62-,63-,64-,65+,66-,67-/m1/s1. The Morgan fingerprint density at radius 2 is 0.643 bits per heavy atom. The number of ether oxygens (including phenoxy) is 7. The number of rotatable bonds is 32. The van der Waals surface area contributed by atoms with E-state index in [1.165, 1.54) is 0 Å². The minimum absolute atomic E-state index is 0.0398. The predicted molar refractivity (Wildman–Crippen MR) is 315 cm³/mol. The van der Waals surface area contributed by atoms with Crippen LogP contribution in [0.5, 0.6) is 0 Å². The summed E-state index contributed by atoms with van der Waals surface area (Å²) in [6.07, 6.45) is -9.44. The van der Waals surface area contributed by atoms with E-state index in [0.717, 1.165) is 22.3 Å². The van der Waals surface area contributed by atoms with Gasteiger partial charge in [-0.3, -0.25) is 27.1 Å². The zero-order valence-electron chi connectivity index (χ0n) is 46.5. The lowest BCUT2D eigenvalue weighted by Crippen LogP contribution is -2.62. The van der Waals surface area contributed by atoms with Crippen LogP contribution in [0.1, 0.15) is 44.5 Å². The molecule has 0 saturated carbocycles. The molecule has 2 aliphatic rings. The van der Waals surface area contributed by atoms with Gasteiger partial charge in [-0.25, -0.2) is 9.13 Å². The molecule has 15 nitrogen and oxygen atoms in total. The average molecular weight is 1180 g/mol. The van der Waals surface area contributed by atoms with Crippen molar-refractivity contribution in [1.29, 1.82) is 0 Å². The monoisotopic (exact) mass is 1180 g/mol. The Labute approximate surface area is 491 Å². The van der Waals surface area contributed by atoms with Gasteiger partial charge in [0.2, 0.25) is 0 Å². The Kier molecular flexibility index (Phi) is 23.0. The fraction of sp³-hybridized carbons (Fsp3) is 0.284. The predicted octanol–water partition coefficient (Wildman–Crippen LogP) is 14.0. The van der Waals surface area contributed by atoms with Crippen LogP contribution in [-0.2, 0) is 122 Å². The molecule has 0 N–H and O–H groups in total.